The van der Waals surface area contributed by atoms with Crippen LogP contribution in [0.15, 0.2) is 54.6 Å². The third-order valence-corrected chi connectivity index (χ3v) is 6.83. The van der Waals surface area contributed by atoms with Crippen molar-refractivity contribution in [2.75, 3.05) is 26.2 Å². The smallest absolute Gasteiger partial charge is 0.253 e. The molecule has 3 heterocycles. The van der Waals surface area contributed by atoms with E-state index in [9.17, 15) is 9.59 Å². The van der Waals surface area contributed by atoms with Gasteiger partial charge in [-0.2, -0.15) is 5.10 Å². The lowest BCUT2D eigenvalue weighted by molar-refractivity contribution is -0.129. The molecule has 8 heteroatoms. The number of carbonyl (C=O) groups excluding carboxylic acids is 2. The first-order chi connectivity index (χ1) is 15.4. The Morgan fingerprint density at radius 1 is 1.06 bits per heavy atom. The standard InChI is InChI=1S/C24H24ClN5O2/c1-16-26-23(28-27-16)24-14-29(21(31)11-17-7-9-20(25)10-8-17)12-19(24)13-30(15-24)22(32)18-5-3-2-4-6-18/h2-10,19H,11-15H2,1H3,(H,26,27,28)/t19-,24-/m1/s1. The predicted octanol–water partition coefficient (Wildman–Crippen LogP) is 2.86. The summed E-state index contributed by atoms with van der Waals surface area (Å²) in [6.07, 6.45) is 0.319. The number of halogens is 1. The fraction of sp³-hybridized carbons (Fsp3) is 0.333. The van der Waals surface area contributed by atoms with Gasteiger partial charge in [-0.25, -0.2) is 4.98 Å². The maximum absolute atomic E-state index is 13.1. The maximum atomic E-state index is 13.1. The Balaban J connectivity index is 1.38. The van der Waals surface area contributed by atoms with Gasteiger partial charge in [0.15, 0.2) is 5.82 Å². The molecule has 0 spiro atoms. The molecule has 5 rings (SSSR count). The van der Waals surface area contributed by atoms with E-state index in [0.29, 0.717) is 49.0 Å². The molecule has 32 heavy (non-hydrogen) atoms. The van der Waals surface area contributed by atoms with Crippen LogP contribution in [0.5, 0.6) is 0 Å². The number of aromatic amines is 1. The minimum Gasteiger partial charge on any atom is -0.341 e. The van der Waals surface area contributed by atoms with Gasteiger partial charge in [0.2, 0.25) is 5.91 Å². The average Bonchev–Trinajstić information content (AvgIpc) is 3.48. The number of likely N-dealkylation sites (tertiary alicyclic amines) is 2. The molecule has 7 nitrogen and oxygen atoms in total. The van der Waals surface area contributed by atoms with Crippen LogP contribution >= 0.6 is 11.6 Å². The summed E-state index contributed by atoms with van der Waals surface area (Å²) in [5, 5.41) is 8.05. The van der Waals surface area contributed by atoms with Gasteiger partial charge in [-0.15, -0.1) is 0 Å². The highest BCUT2D eigenvalue weighted by atomic mass is 35.5. The van der Waals surface area contributed by atoms with Crippen molar-refractivity contribution < 1.29 is 9.59 Å². The minimum absolute atomic E-state index is 0.00525. The van der Waals surface area contributed by atoms with Gasteiger partial charge in [-0.3, -0.25) is 14.7 Å². The first-order valence-electron chi connectivity index (χ1n) is 10.7. The number of amides is 2. The number of benzene rings is 2. The molecule has 1 N–H and O–H groups in total. The van der Waals surface area contributed by atoms with Crippen molar-refractivity contribution in [1.82, 2.24) is 25.0 Å². The van der Waals surface area contributed by atoms with Crippen molar-refractivity contribution in [1.29, 1.82) is 0 Å². The number of carbonyl (C=O) groups is 2. The van der Waals surface area contributed by atoms with Crippen LogP contribution in [-0.2, 0) is 16.6 Å². The summed E-state index contributed by atoms with van der Waals surface area (Å²) >= 11 is 5.97. The molecular weight excluding hydrogens is 426 g/mol. The Bertz CT molecular complexity index is 1150. The summed E-state index contributed by atoms with van der Waals surface area (Å²) in [5.41, 5.74) is 1.13. The zero-order valence-corrected chi connectivity index (χ0v) is 18.5. The molecule has 2 atom stereocenters. The van der Waals surface area contributed by atoms with Gasteiger partial charge in [0.05, 0.1) is 11.8 Å². The van der Waals surface area contributed by atoms with Crippen LogP contribution in [0.4, 0.5) is 0 Å². The van der Waals surface area contributed by atoms with Crippen molar-refractivity contribution >= 4 is 23.4 Å². The molecule has 2 fully saturated rings. The highest BCUT2D eigenvalue weighted by Gasteiger charge is 2.57. The topological polar surface area (TPSA) is 82.2 Å². The second-order valence-corrected chi connectivity index (χ2v) is 9.16. The first kappa shape index (κ1) is 20.7. The Morgan fingerprint density at radius 3 is 2.44 bits per heavy atom. The largest absolute Gasteiger partial charge is 0.341 e. The highest BCUT2D eigenvalue weighted by molar-refractivity contribution is 6.30. The van der Waals surface area contributed by atoms with Gasteiger partial charge in [-0.1, -0.05) is 41.9 Å². The predicted molar refractivity (Wildman–Crippen MR) is 120 cm³/mol. The Hall–Kier alpha value is -3.19. The highest BCUT2D eigenvalue weighted by Crippen LogP contribution is 2.44. The van der Waals surface area contributed by atoms with Gasteiger partial charge >= 0.3 is 0 Å². The summed E-state index contributed by atoms with van der Waals surface area (Å²) < 4.78 is 0. The number of nitrogens with one attached hydrogen (secondary N) is 1. The number of H-pyrrole nitrogens is 1. The van der Waals surface area contributed by atoms with Crippen LogP contribution in [0.1, 0.15) is 27.6 Å². The molecule has 2 aliphatic heterocycles. The Kier molecular flexibility index (Phi) is 5.21. The zero-order valence-electron chi connectivity index (χ0n) is 17.8. The van der Waals surface area contributed by atoms with Crippen molar-refractivity contribution in [3.63, 3.8) is 0 Å². The molecule has 2 amide bonds. The van der Waals surface area contributed by atoms with E-state index in [1.807, 2.05) is 59.2 Å². The lowest BCUT2D eigenvalue weighted by Crippen LogP contribution is -2.42. The summed E-state index contributed by atoms with van der Waals surface area (Å²) in [6, 6.07) is 16.7. The van der Waals surface area contributed by atoms with Crippen LogP contribution < -0.4 is 0 Å². The van der Waals surface area contributed by atoms with Gasteiger partial charge in [0.25, 0.3) is 5.91 Å². The van der Waals surface area contributed by atoms with Gasteiger partial charge < -0.3 is 9.80 Å². The quantitative estimate of drug-likeness (QED) is 0.664. The number of hydrogen-bond acceptors (Lipinski definition) is 4. The molecule has 0 aliphatic carbocycles. The van der Waals surface area contributed by atoms with E-state index in [0.717, 1.165) is 11.4 Å². The van der Waals surface area contributed by atoms with Crippen molar-refractivity contribution in [3.8, 4) is 0 Å². The number of aryl methyl sites for hydroxylation is 1. The van der Waals surface area contributed by atoms with E-state index < -0.39 is 5.41 Å². The molecule has 2 saturated heterocycles. The number of nitrogens with zero attached hydrogens (tertiary/aromatic N) is 4. The number of hydrogen-bond donors (Lipinski definition) is 1. The molecule has 0 unspecified atom stereocenters. The van der Waals surface area contributed by atoms with Crippen LogP contribution in [-0.4, -0.2) is 63.0 Å². The first-order valence-corrected chi connectivity index (χ1v) is 11.1. The third kappa shape index (κ3) is 3.66. The van der Waals surface area contributed by atoms with Crippen LogP contribution in [0.2, 0.25) is 5.02 Å². The molecule has 1 aromatic heterocycles. The average molecular weight is 450 g/mol. The second-order valence-electron chi connectivity index (χ2n) is 8.73. The van der Waals surface area contributed by atoms with Crippen LogP contribution in [0.25, 0.3) is 0 Å². The van der Waals surface area contributed by atoms with E-state index in [2.05, 4.69) is 15.2 Å². The molecule has 2 aromatic carbocycles. The number of fused-ring (bicyclic) bond motifs is 1. The summed E-state index contributed by atoms with van der Waals surface area (Å²) in [4.78, 5) is 34.6. The zero-order chi connectivity index (χ0) is 22.3. The van der Waals surface area contributed by atoms with Crippen LogP contribution in [0, 0.1) is 12.8 Å². The SMILES string of the molecule is Cc1nc([C@@]23CN(C(=O)Cc4ccc(Cl)cc4)C[C@@H]2CN(C(=O)c2ccccc2)C3)n[nH]1. The second kappa shape index (κ2) is 8.06. The molecule has 0 bridgehead atoms. The van der Waals surface area contributed by atoms with E-state index in [1.54, 1.807) is 12.1 Å². The third-order valence-electron chi connectivity index (χ3n) is 6.58. The molecule has 0 saturated carbocycles. The van der Waals surface area contributed by atoms with E-state index >= 15 is 0 Å². The van der Waals surface area contributed by atoms with E-state index in [-0.39, 0.29) is 17.7 Å². The van der Waals surface area contributed by atoms with Gasteiger partial charge in [-0.05, 0) is 36.8 Å². The van der Waals surface area contributed by atoms with E-state index in [4.69, 9.17) is 11.6 Å². The van der Waals surface area contributed by atoms with Crippen molar-refractivity contribution in [2.24, 2.45) is 5.92 Å². The van der Waals surface area contributed by atoms with Gasteiger partial charge in [0, 0.05) is 42.7 Å². The Labute approximate surface area is 191 Å². The molecule has 0 radical (unpaired) electrons. The van der Waals surface area contributed by atoms with Crippen molar-refractivity contribution in [2.45, 2.75) is 18.8 Å². The van der Waals surface area contributed by atoms with Crippen LogP contribution in [0.3, 0.4) is 0 Å². The summed E-state index contributed by atoms with van der Waals surface area (Å²) in [7, 11) is 0. The molecular formula is C24H24ClN5O2. The monoisotopic (exact) mass is 449 g/mol. The van der Waals surface area contributed by atoms with Crippen molar-refractivity contribution in [3.05, 3.63) is 82.4 Å². The summed E-state index contributed by atoms with van der Waals surface area (Å²) in [6.45, 7) is 4.01. The normalized spacial score (nSPS) is 22.2. The lowest BCUT2D eigenvalue weighted by Gasteiger charge is -2.27. The van der Waals surface area contributed by atoms with E-state index in [1.165, 1.54) is 0 Å². The van der Waals surface area contributed by atoms with Gasteiger partial charge in [0.1, 0.15) is 5.82 Å². The fourth-order valence-electron chi connectivity index (χ4n) is 4.94. The molecule has 164 valence electrons. The minimum atomic E-state index is -0.467. The maximum Gasteiger partial charge on any atom is 0.253 e. The number of rotatable bonds is 4. The lowest BCUT2D eigenvalue weighted by atomic mass is 9.80. The molecule has 3 aromatic rings. The Morgan fingerprint density at radius 2 is 1.75 bits per heavy atom. The fourth-order valence-corrected chi connectivity index (χ4v) is 5.07. The summed E-state index contributed by atoms with van der Waals surface area (Å²) in [5.74, 6) is 1.57. The molecule has 2 aliphatic rings. The number of aromatic nitrogens is 3.